The summed E-state index contributed by atoms with van der Waals surface area (Å²) in [5.74, 6) is 0. The molecule has 0 fully saturated rings. The van der Waals surface area contributed by atoms with Crippen LogP contribution in [0.4, 0.5) is 26.3 Å². The Bertz CT molecular complexity index is 314. The predicted molar refractivity (Wildman–Crippen MR) is 48.2 cm³/mol. The van der Waals surface area contributed by atoms with Crippen LogP contribution in [0.2, 0.25) is 0 Å². The number of hydrogen-bond acceptors (Lipinski definition) is 1. The average Bonchev–Trinajstić information content (AvgIpc) is 2.12. The molecule has 1 aromatic carbocycles. The first-order valence-electron chi connectivity index (χ1n) is 4.06. The molecule has 16 heavy (non-hydrogen) atoms. The van der Waals surface area contributed by atoms with Gasteiger partial charge in [0.05, 0.1) is 0 Å². The lowest BCUT2D eigenvalue weighted by Crippen LogP contribution is -2.39. The maximum absolute atomic E-state index is 12.2. The van der Waals surface area contributed by atoms with Gasteiger partial charge in [-0.05, 0) is 12.1 Å². The van der Waals surface area contributed by atoms with E-state index in [0.29, 0.717) is 0 Å². The van der Waals surface area contributed by atoms with Crippen LogP contribution in [0.25, 0.3) is 0 Å². The number of thioether (sulfide) groups is 1. The topological polar surface area (TPSA) is 0 Å². The molecular weight excluding hydrogens is 254 g/mol. The number of halogens is 6. The molecule has 90 valence electrons. The third-order valence-corrected chi connectivity index (χ3v) is 2.91. The second-order valence-corrected chi connectivity index (χ2v) is 4.07. The molecule has 0 unspecified atom stereocenters. The summed E-state index contributed by atoms with van der Waals surface area (Å²) in [7, 11) is 0. The molecule has 0 atom stereocenters. The van der Waals surface area contributed by atoms with E-state index in [1.165, 1.54) is 30.3 Å². The lowest BCUT2D eigenvalue weighted by Gasteiger charge is -2.22. The molecular formula is C9H6F6S. The monoisotopic (exact) mass is 260 g/mol. The van der Waals surface area contributed by atoms with Crippen LogP contribution < -0.4 is 0 Å². The van der Waals surface area contributed by atoms with Crippen molar-refractivity contribution in [3.05, 3.63) is 30.3 Å². The number of alkyl halides is 6. The van der Waals surface area contributed by atoms with Crippen molar-refractivity contribution in [2.45, 2.75) is 22.5 Å². The molecule has 0 aliphatic heterocycles. The number of hydrogen-bond donors (Lipinski definition) is 0. The van der Waals surface area contributed by atoms with Gasteiger partial charge in [0, 0.05) is 4.90 Å². The van der Waals surface area contributed by atoms with Crippen LogP contribution >= 0.6 is 11.8 Å². The summed E-state index contributed by atoms with van der Waals surface area (Å²) in [6, 6.07) is 6.68. The highest BCUT2D eigenvalue weighted by Crippen LogP contribution is 2.44. The zero-order valence-corrected chi connectivity index (χ0v) is 8.46. The first-order valence-corrected chi connectivity index (χ1v) is 4.94. The van der Waals surface area contributed by atoms with Gasteiger partial charge in [0.15, 0.2) is 0 Å². The second-order valence-electron chi connectivity index (χ2n) is 2.89. The van der Waals surface area contributed by atoms with E-state index in [4.69, 9.17) is 0 Å². The van der Waals surface area contributed by atoms with E-state index in [2.05, 4.69) is 0 Å². The van der Waals surface area contributed by atoms with E-state index in [-0.39, 0.29) is 16.7 Å². The minimum atomic E-state index is -5.31. The average molecular weight is 260 g/mol. The molecule has 0 aromatic heterocycles. The zero-order valence-electron chi connectivity index (χ0n) is 7.64. The van der Waals surface area contributed by atoms with Crippen molar-refractivity contribution < 1.29 is 26.3 Å². The molecule has 0 nitrogen and oxygen atoms in total. The molecule has 0 amide bonds. The Morgan fingerprint density at radius 1 is 0.812 bits per heavy atom. The predicted octanol–water partition coefficient (Wildman–Crippen LogP) is 4.27. The highest BCUT2D eigenvalue weighted by atomic mass is 32.2. The minimum absolute atomic E-state index is 0.0675. The standard InChI is InChI=1S/C9H6F6S/c10-8(11,12)7(9(13,14)15)16-6-4-2-1-3-5-6/h1-5,7H. The van der Waals surface area contributed by atoms with Crippen molar-refractivity contribution in [1.82, 2.24) is 0 Å². The van der Waals surface area contributed by atoms with E-state index in [1.54, 1.807) is 0 Å². The van der Waals surface area contributed by atoms with Crippen molar-refractivity contribution in [3.63, 3.8) is 0 Å². The summed E-state index contributed by atoms with van der Waals surface area (Å²) in [4.78, 5) is -0.0675. The van der Waals surface area contributed by atoms with Gasteiger partial charge in [-0.15, -0.1) is 11.8 Å². The largest absolute Gasteiger partial charge is 0.409 e. The smallest absolute Gasteiger partial charge is 0.169 e. The van der Waals surface area contributed by atoms with Gasteiger partial charge in [-0.2, -0.15) is 26.3 Å². The van der Waals surface area contributed by atoms with E-state index in [9.17, 15) is 26.3 Å². The Hall–Kier alpha value is -0.850. The van der Waals surface area contributed by atoms with Gasteiger partial charge < -0.3 is 0 Å². The molecule has 7 heteroatoms. The quantitative estimate of drug-likeness (QED) is 0.565. The van der Waals surface area contributed by atoms with Crippen LogP contribution in [0, 0.1) is 0 Å². The van der Waals surface area contributed by atoms with Gasteiger partial charge in [-0.25, -0.2) is 0 Å². The molecule has 1 aromatic rings. The van der Waals surface area contributed by atoms with Crippen LogP contribution in [0.3, 0.4) is 0 Å². The van der Waals surface area contributed by atoms with Crippen molar-refractivity contribution in [1.29, 1.82) is 0 Å². The summed E-state index contributed by atoms with van der Waals surface area (Å²) >= 11 is -0.247. The maximum atomic E-state index is 12.2. The van der Waals surface area contributed by atoms with Gasteiger partial charge in [-0.1, -0.05) is 18.2 Å². The summed E-state index contributed by atoms with van der Waals surface area (Å²) in [6.45, 7) is 0. The minimum Gasteiger partial charge on any atom is -0.169 e. The van der Waals surface area contributed by atoms with Gasteiger partial charge in [0.1, 0.15) is 0 Å². The van der Waals surface area contributed by atoms with Crippen molar-refractivity contribution in [2.24, 2.45) is 0 Å². The summed E-state index contributed by atoms with van der Waals surface area (Å²) in [5, 5.41) is -3.39. The number of benzene rings is 1. The molecule has 0 saturated heterocycles. The third kappa shape index (κ3) is 3.62. The summed E-state index contributed by atoms with van der Waals surface area (Å²) in [5.41, 5.74) is 0. The van der Waals surface area contributed by atoms with Crippen molar-refractivity contribution in [3.8, 4) is 0 Å². The van der Waals surface area contributed by atoms with Gasteiger partial charge >= 0.3 is 12.4 Å². The summed E-state index contributed by atoms with van der Waals surface area (Å²) < 4.78 is 73.0. The fourth-order valence-electron chi connectivity index (χ4n) is 0.954. The molecule has 0 aliphatic rings. The Kier molecular flexibility index (Phi) is 3.77. The first-order chi connectivity index (χ1) is 7.21. The molecule has 0 spiro atoms. The van der Waals surface area contributed by atoms with E-state index >= 15 is 0 Å². The highest BCUT2D eigenvalue weighted by molar-refractivity contribution is 8.00. The lowest BCUT2D eigenvalue weighted by molar-refractivity contribution is -0.223. The molecule has 0 radical (unpaired) electrons. The normalized spacial score (nSPS) is 13.2. The zero-order chi connectivity index (χ0) is 12.4. The van der Waals surface area contributed by atoms with Crippen molar-refractivity contribution in [2.75, 3.05) is 0 Å². The van der Waals surface area contributed by atoms with Gasteiger partial charge in [-0.3, -0.25) is 0 Å². The fraction of sp³-hybridized carbons (Fsp3) is 0.333. The van der Waals surface area contributed by atoms with E-state index < -0.39 is 17.6 Å². The van der Waals surface area contributed by atoms with Crippen LogP contribution in [0.1, 0.15) is 0 Å². The van der Waals surface area contributed by atoms with Crippen LogP contribution in [-0.4, -0.2) is 17.6 Å². The number of rotatable bonds is 2. The fourth-order valence-corrected chi connectivity index (χ4v) is 1.81. The first kappa shape index (κ1) is 13.2. The van der Waals surface area contributed by atoms with E-state index in [1.807, 2.05) is 0 Å². The molecule has 0 aliphatic carbocycles. The Morgan fingerprint density at radius 2 is 1.25 bits per heavy atom. The summed E-state index contributed by atoms with van der Waals surface area (Å²) in [6.07, 6.45) is -10.6. The molecule has 0 heterocycles. The Labute approximate surface area is 91.6 Å². The van der Waals surface area contributed by atoms with Crippen molar-refractivity contribution >= 4 is 11.8 Å². The molecule has 1 rings (SSSR count). The van der Waals surface area contributed by atoms with Crippen LogP contribution in [0.5, 0.6) is 0 Å². The highest BCUT2D eigenvalue weighted by Gasteiger charge is 2.57. The second kappa shape index (κ2) is 4.57. The SMILES string of the molecule is FC(F)(F)C(Sc1ccccc1)C(F)(F)F. The molecule has 0 bridgehead atoms. The van der Waals surface area contributed by atoms with Gasteiger partial charge in [0.2, 0.25) is 5.25 Å². The molecule has 0 N–H and O–H groups in total. The van der Waals surface area contributed by atoms with Crippen LogP contribution in [-0.2, 0) is 0 Å². The lowest BCUT2D eigenvalue weighted by atomic mass is 10.4. The third-order valence-electron chi connectivity index (χ3n) is 1.59. The van der Waals surface area contributed by atoms with Crippen LogP contribution in [0.15, 0.2) is 35.2 Å². The Morgan fingerprint density at radius 3 is 1.62 bits per heavy atom. The maximum Gasteiger partial charge on any atom is 0.409 e. The molecule has 0 saturated carbocycles. The van der Waals surface area contributed by atoms with E-state index in [0.717, 1.165) is 0 Å². The van der Waals surface area contributed by atoms with Gasteiger partial charge in [0.25, 0.3) is 0 Å². The Balaban J connectivity index is 2.89.